The van der Waals surface area contributed by atoms with Gasteiger partial charge < -0.3 is 5.11 Å². The van der Waals surface area contributed by atoms with Gasteiger partial charge in [-0.15, -0.1) is 0 Å². The van der Waals surface area contributed by atoms with Gasteiger partial charge in [-0.05, 0) is 17.5 Å². The van der Waals surface area contributed by atoms with E-state index in [4.69, 9.17) is 5.73 Å². The molecule has 1 aliphatic carbocycles. The molecule has 0 amide bonds. The monoisotopic (exact) mass is 148 g/mol. The highest BCUT2D eigenvalue weighted by Crippen LogP contribution is 2.30. The van der Waals surface area contributed by atoms with E-state index in [2.05, 4.69) is 0 Å². The third-order valence-electron chi connectivity index (χ3n) is 2.19. The van der Waals surface area contributed by atoms with E-state index >= 15 is 0 Å². The van der Waals surface area contributed by atoms with Crippen molar-refractivity contribution in [2.45, 2.75) is 18.6 Å². The number of hydrogen-bond donors (Lipinski definition) is 1. The van der Waals surface area contributed by atoms with E-state index in [0.717, 1.165) is 11.1 Å². The van der Waals surface area contributed by atoms with Crippen molar-refractivity contribution in [3.63, 3.8) is 0 Å². The smallest absolute Gasteiger partial charge is 0.0962 e. The van der Waals surface area contributed by atoms with E-state index in [9.17, 15) is 5.11 Å². The summed E-state index contributed by atoms with van der Waals surface area (Å²) in [6.45, 7) is 0. The van der Waals surface area contributed by atoms with E-state index in [1.54, 1.807) is 0 Å². The van der Waals surface area contributed by atoms with Gasteiger partial charge in [0.2, 0.25) is 0 Å². The first-order valence-corrected chi connectivity index (χ1v) is 3.76. The summed E-state index contributed by atoms with van der Waals surface area (Å²) in [6.07, 6.45) is 0.128. The molecule has 2 nitrogen and oxygen atoms in total. The Kier molecular flexibility index (Phi) is 1.44. The van der Waals surface area contributed by atoms with E-state index in [1.165, 1.54) is 0 Å². The number of hydrogen-bond acceptors (Lipinski definition) is 1. The Bertz CT molecular complexity index is 272. The first kappa shape index (κ1) is 6.83. The van der Waals surface area contributed by atoms with E-state index < -0.39 is 6.10 Å². The van der Waals surface area contributed by atoms with Crippen LogP contribution in [0, 0.1) is 0 Å². The van der Waals surface area contributed by atoms with Crippen LogP contribution in [0.5, 0.6) is 0 Å². The summed E-state index contributed by atoms with van der Waals surface area (Å²) >= 11 is 0. The molecule has 1 aromatic carbocycles. The van der Waals surface area contributed by atoms with Gasteiger partial charge in [0.05, 0.1) is 12.1 Å². The van der Waals surface area contributed by atoms with Crippen LogP contribution in [0.2, 0.25) is 0 Å². The highest BCUT2D eigenvalue weighted by Gasteiger charge is 2.27. The molecule has 1 aliphatic rings. The van der Waals surface area contributed by atoms with E-state index in [-0.39, 0.29) is 6.04 Å². The fraction of sp³-hybridized carbons (Fsp3) is 0.333. The number of nitrogens with one attached hydrogen (secondary N) is 1. The Morgan fingerprint density at radius 1 is 1.36 bits per heavy atom. The lowest BCUT2D eigenvalue weighted by Crippen LogP contribution is -2.14. The van der Waals surface area contributed by atoms with Crippen LogP contribution in [0.4, 0.5) is 0 Å². The molecular formula is C9H10NO. The number of fused-ring (bicyclic) bond motifs is 1. The van der Waals surface area contributed by atoms with Crippen LogP contribution < -0.4 is 5.73 Å². The Labute approximate surface area is 65.7 Å². The molecule has 2 N–H and O–H groups in total. The molecule has 0 spiro atoms. The van der Waals surface area contributed by atoms with Gasteiger partial charge >= 0.3 is 0 Å². The molecule has 0 saturated heterocycles. The molecule has 0 fully saturated rings. The van der Waals surface area contributed by atoms with Gasteiger partial charge in [-0.2, -0.15) is 0 Å². The average Bonchev–Trinajstić information content (AvgIpc) is 2.30. The molecule has 0 heterocycles. The summed E-state index contributed by atoms with van der Waals surface area (Å²) < 4.78 is 0. The van der Waals surface area contributed by atoms with Crippen LogP contribution in [-0.4, -0.2) is 11.1 Å². The summed E-state index contributed by atoms with van der Waals surface area (Å²) in [5.41, 5.74) is 9.54. The van der Waals surface area contributed by atoms with Gasteiger partial charge in [-0.25, -0.2) is 0 Å². The molecule has 1 aromatic rings. The van der Waals surface area contributed by atoms with Crippen LogP contribution in [-0.2, 0) is 6.42 Å². The lowest BCUT2D eigenvalue weighted by atomic mass is 10.1. The Hall–Kier alpha value is -0.860. The molecule has 0 aliphatic heterocycles. The maximum atomic E-state index is 9.46. The molecular weight excluding hydrogens is 138 g/mol. The second-order valence-electron chi connectivity index (χ2n) is 2.95. The van der Waals surface area contributed by atoms with Crippen molar-refractivity contribution in [2.75, 3.05) is 0 Å². The van der Waals surface area contributed by atoms with Crippen LogP contribution in [0.1, 0.15) is 17.2 Å². The summed E-state index contributed by atoms with van der Waals surface area (Å²) in [6, 6.07) is 7.37. The summed E-state index contributed by atoms with van der Waals surface area (Å²) in [7, 11) is 0. The van der Waals surface area contributed by atoms with Crippen molar-refractivity contribution < 1.29 is 5.11 Å². The fourth-order valence-electron chi connectivity index (χ4n) is 1.57. The normalized spacial score (nSPS) is 28.5. The Balaban J connectivity index is 2.47. The Morgan fingerprint density at radius 3 is 2.82 bits per heavy atom. The molecule has 2 heteroatoms. The highest BCUT2D eigenvalue weighted by molar-refractivity contribution is 5.35. The van der Waals surface area contributed by atoms with Crippen molar-refractivity contribution in [2.24, 2.45) is 0 Å². The maximum absolute atomic E-state index is 9.46. The van der Waals surface area contributed by atoms with Gasteiger partial charge in [0.25, 0.3) is 0 Å². The SMILES string of the molecule is [NH]C1Cc2ccccc2[C@@H]1O. The van der Waals surface area contributed by atoms with Crippen LogP contribution in [0.15, 0.2) is 24.3 Å². The molecule has 1 unspecified atom stereocenters. The minimum atomic E-state index is -0.564. The summed E-state index contributed by atoms with van der Waals surface area (Å²) in [5.74, 6) is 0. The Morgan fingerprint density at radius 2 is 2.09 bits per heavy atom. The second kappa shape index (κ2) is 2.32. The van der Waals surface area contributed by atoms with Crippen LogP contribution in [0.3, 0.4) is 0 Å². The fourth-order valence-corrected chi connectivity index (χ4v) is 1.57. The van der Waals surface area contributed by atoms with Gasteiger partial charge in [-0.3, -0.25) is 5.73 Å². The zero-order chi connectivity index (χ0) is 7.84. The van der Waals surface area contributed by atoms with Crippen molar-refractivity contribution in [3.8, 4) is 0 Å². The first-order valence-electron chi connectivity index (χ1n) is 3.76. The quantitative estimate of drug-likeness (QED) is 0.584. The largest absolute Gasteiger partial charge is 0.387 e. The third kappa shape index (κ3) is 0.951. The summed E-state index contributed by atoms with van der Waals surface area (Å²) in [4.78, 5) is 0. The van der Waals surface area contributed by atoms with Crippen molar-refractivity contribution in [1.29, 1.82) is 0 Å². The van der Waals surface area contributed by atoms with Crippen molar-refractivity contribution in [1.82, 2.24) is 5.73 Å². The molecule has 0 saturated carbocycles. The van der Waals surface area contributed by atoms with Crippen molar-refractivity contribution in [3.05, 3.63) is 35.4 Å². The van der Waals surface area contributed by atoms with Crippen LogP contribution in [0.25, 0.3) is 0 Å². The standard InChI is InChI=1S/C9H10NO/c10-8-5-6-3-1-2-4-7(6)9(8)11/h1-4,8-11H,5H2/t8?,9-/m0/s1. The van der Waals surface area contributed by atoms with Gasteiger partial charge in [0, 0.05) is 0 Å². The molecule has 2 atom stereocenters. The van der Waals surface area contributed by atoms with Gasteiger partial charge in [0.15, 0.2) is 0 Å². The minimum absolute atomic E-state index is 0.354. The lowest BCUT2D eigenvalue weighted by molar-refractivity contribution is 0.156. The number of rotatable bonds is 0. The third-order valence-corrected chi connectivity index (χ3v) is 2.19. The molecule has 0 bridgehead atoms. The zero-order valence-corrected chi connectivity index (χ0v) is 6.12. The molecule has 11 heavy (non-hydrogen) atoms. The minimum Gasteiger partial charge on any atom is -0.387 e. The second-order valence-corrected chi connectivity index (χ2v) is 2.95. The zero-order valence-electron chi connectivity index (χ0n) is 6.12. The maximum Gasteiger partial charge on any atom is 0.0962 e. The number of aliphatic hydroxyl groups is 1. The molecule has 57 valence electrons. The molecule has 2 rings (SSSR count). The van der Waals surface area contributed by atoms with E-state index in [0.29, 0.717) is 6.42 Å². The topological polar surface area (TPSA) is 44.0 Å². The van der Waals surface area contributed by atoms with Crippen LogP contribution >= 0.6 is 0 Å². The summed E-state index contributed by atoms with van der Waals surface area (Å²) in [5, 5.41) is 9.46. The predicted molar refractivity (Wildman–Crippen MR) is 42.0 cm³/mol. The van der Waals surface area contributed by atoms with Gasteiger partial charge in [-0.1, -0.05) is 24.3 Å². The highest BCUT2D eigenvalue weighted by atomic mass is 16.3. The average molecular weight is 148 g/mol. The number of aliphatic hydroxyl groups excluding tert-OH is 1. The lowest BCUT2D eigenvalue weighted by Gasteiger charge is -2.06. The first-order chi connectivity index (χ1) is 5.29. The molecule has 1 radical (unpaired) electrons. The van der Waals surface area contributed by atoms with E-state index in [1.807, 2.05) is 24.3 Å². The van der Waals surface area contributed by atoms with Crippen molar-refractivity contribution >= 4 is 0 Å². The molecule has 0 aromatic heterocycles. The van der Waals surface area contributed by atoms with Gasteiger partial charge in [0.1, 0.15) is 0 Å². The predicted octanol–water partition coefficient (Wildman–Crippen LogP) is 0.928. The number of benzene rings is 1.